The number of nitrogens with zero attached hydrogens (tertiary/aromatic N) is 1. The molecule has 110 valence electrons. The van der Waals surface area contributed by atoms with Crippen LogP contribution in [0.25, 0.3) is 0 Å². The van der Waals surface area contributed by atoms with Crippen LogP contribution < -0.4 is 0 Å². The summed E-state index contributed by atoms with van der Waals surface area (Å²) in [4.78, 5) is 14.2. The van der Waals surface area contributed by atoms with E-state index < -0.39 is 5.60 Å². The van der Waals surface area contributed by atoms with Gasteiger partial charge in [0.25, 0.3) is 0 Å². The first-order valence-electron chi connectivity index (χ1n) is 7.48. The van der Waals surface area contributed by atoms with Gasteiger partial charge in [0.05, 0.1) is 5.60 Å². The van der Waals surface area contributed by atoms with Gasteiger partial charge in [-0.3, -0.25) is 4.79 Å². The molecule has 0 bridgehead atoms. The van der Waals surface area contributed by atoms with Crippen LogP contribution in [0.5, 0.6) is 0 Å². The maximum Gasteiger partial charge on any atom is 0.223 e. The number of hydrogen-bond donors (Lipinski definition) is 1. The second-order valence-electron chi connectivity index (χ2n) is 6.36. The molecule has 1 aromatic rings. The molecule has 1 amide bonds. The number of aliphatic hydroxyl groups is 1. The molecule has 0 radical (unpaired) electrons. The van der Waals surface area contributed by atoms with Crippen LogP contribution in [0.1, 0.15) is 50.7 Å². The van der Waals surface area contributed by atoms with E-state index >= 15 is 0 Å². The smallest absolute Gasteiger partial charge is 0.223 e. The highest BCUT2D eigenvalue weighted by Gasteiger charge is 2.27. The topological polar surface area (TPSA) is 40.5 Å². The molecule has 0 heterocycles. The summed E-state index contributed by atoms with van der Waals surface area (Å²) in [5.74, 6) is 0.492. The zero-order valence-electron chi connectivity index (χ0n) is 12.7. The van der Waals surface area contributed by atoms with Gasteiger partial charge in [-0.1, -0.05) is 24.3 Å². The van der Waals surface area contributed by atoms with Crippen LogP contribution in [0.2, 0.25) is 0 Å². The number of carbonyl (C=O) groups excluding carboxylic acids is 1. The van der Waals surface area contributed by atoms with Crippen molar-refractivity contribution in [3.8, 4) is 0 Å². The van der Waals surface area contributed by atoms with Gasteiger partial charge in [-0.2, -0.15) is 0 Å². The average Bonchev–Trinajstić information content (AvgIpc) is 2.78. The predicted octanol–water partition coefficient (Wildman–Crippen LogP) is 2.73. The summed E-state index contributed by atoms with van der Waals surface area (Å²) in [6, 6.07) is 8.42. The summed E-state index contributed by atoms with van der Waals surface area (Å²) < 4.78 is 0. The van der Waals surface area contributed by atoms with E-state index in [9.17, 15) is 9.90 Å². The molecule has 0 aromatic heterocycles. The molecular formula is C17H25NO2. The quantitative estimate of drug-likeness (QED) is 0.897. The molecule has 20 heavy (non-hydrogen) atoms. The molecule has 0 aliphatic heterocycles. The van der Waals surface area contributed by atoms with Crippen LogP contribution in [0, 0.1) is 0 Å². The number of rotatable bonds is 5. The lowest BCUT2D eigenvalue weighted by molar-refractivity contribution is -0.134. The zero-order valence-corrected chi connectivity index (χ0v) is 12.7. The van der Waals surface area contributed by atoms with Gasteiger partial charge < -0.3 is 10.0 Å². The fraction of sp³-hybridized carbons (Fsp3) is 0.588. The molecule has 0 saturated carbocycles. The Morgan fingerprint density at radius 1 is 1.40 bits per heavy atom. The number of carbonyl (C=O) groups is 1. The molecular weight excluding hydrogens is 250 g/mol. The van der Waals surface area contributed by atoms with Gasteiger partial charge in [0.15, 0.2) is 0 Å². The van der Waals surface area contributed by atoms with E-state index in [1.54, 1.807) is 18.7 Å². The first kappa shape index (κ1) is 15.0. The molecule has 2 rings (SSSR count). The SMILES string of the molecule is CCN(CC(C)(C)O)C(=O)CC1CCc2ccccc21. The van der Waals surface area contributed by atoms with Gasteiger partial charge in [0.1, 0.15) is 0 Å². The number of benzene rings is 1. The molecule has 0 fully saturated rings. The van der Waals surface area contributed by atoms with Crippen LogP contribution in [0.15, 0.2) is 24.3 Å². The van der Waals surface area contributed by atoms with Gasteiger partial charge in [0, 0.05) is 19.5 Å². The van der Waals surface area contributed by atoms with Gasteiger partial charge in [-0.15, -0.1) is 0 Å². The minimum Gasteiger partial charge on any atom is -0.389 e. The zero-order chi connectivity index (χ0) is 14.8. The van der Waals surface area contributed by atoms with Crippen LogP contribution in [-0.2, 0) is 11.2 Å². The summed E-state index contributed by atoms with van der Waals surface area (Å²) >= 11 is 0. The van der Waals surface area contributed by atoms with Gasteiger partial charge in [-0.05, 0) is 50.7 Å². The predicted molar refractivity (Wildman–Crippen MR) is 80.7 cm³/mol. The number of likely N-dealkylation sites (N-methyl/N-ethyl adjacent to an activating group) is 1. The molecule has 1 N–H and O–H groups in total. The van der Waals surface area contributed by atoms with Crippen LogP contribution >= 0.6 is 0 Å². The highest BCUT2D eigenvalue weighted by molar-refractivity contribution is 5.77. The fourth-order valence-corrected chi connectivity index (χ4v) is 3.04. The third-order valence-corrected chi connectivity index (χ3v) is 3.99. The van der Waals surface area contributed by atoms with Crippen molar-refractivity contribution in [1.82, 2.24) is 4.90 Å². The van der Waals surface area contributed by atoms with Crippen molar-refractivity contribution in [2.75, 3.05) is 13.1 Å². The Kier molecular flexibility index (Phi) is 4.48. The molecule has 1 atom stereocenters. The van der Waals surface area contributed by atoms with E-state index in [2.05, 4.69) is 24.3 Å². The highest BCUT2D eigenvalue weighted by atomic mass is 16.3. The number of hydrogen-bond acceptors (Lipinski definition) is 2. The Labute approximate surface area is 121 Å². The van der Waals surface area contributed by atoms with Crippen molar-refractivity contribution in [3.05, 3.63) is 35.4 Å². The first-order chi connectivity index (χ1) is 9.40. The van der Waals surface area contributed by atoms with Gasteiger partial charge in [0.2, 0.25) is 5.91 Å². The summed E-state index contributed by atoms with van der Waals surface area (Å²) in [7, 11) is 0. The lowest BCUT2D eigenvalue weighted by Crippen LogP contribution is -2.42. The van der Waals surface area contributed by atoms with E-state index in [1.165, 1.54) is 11.1 Å². The Bertz CT molecular complexity index is 476. The summed E-state index contributed by atoms with van der Waals surface area (Å²) in [6.45, 7) is 6.50. The lowest BCUT2D eigenvalue weighted by atomic mass is 9.97. The second kappa shape index (κ2) is 5.96. The Hall–Kier alpha value is -1.35. The number of aryl methyl sites for hydroxylation is 1. The fourth-order valence-electron chi connectivity index (χ4n) is 3.04. The molecule has 1 aliphatic rings. The summed E-state index contributed by atoms with van der Waals surface area (Å²) in [5, 5.41) is 9.89. The van der Waals surface area contributed by atoms with Crippen molar-refractivity contribution < 1.29 is 9.90 Å². The molecule has 3 nitrogen and oxygen atoms in total. The monoisotopic (exact) mass is 275 g/mol. The molecule has 3 heteroatoms. The third kappa shape index (κ3) is 3.60. The molecule has 0 saturated heterocycles. The first-order valence-corrected chi connectivity index (χ1v) is 7.48. The van der Waals surface area contributed by atoms with Crippen molar-refractivity contribution >= 4 is 5.91 Å². The van der Waals surface area contributed by atoms with Crippen LogP contribution in [0.3, 0.4) is 0 Å². The maximum atomic E-state index is 12.4. The Balaban J connectivity index is 2.01. The average molecular weight is 275 g/mol. The van der Waals surface area contributed by atoms with E-state index in [4.69, 9.17) is 0 Å². The van der Waals surface area contributed by atoms with E-state index in [0.717, 1.165) is 12.8 Å². The van der Waals surface area contributed by atoms with E-state index in [1.807, 2.05) is 6.92 Å². The molecule has 0 spiro atoms. The van der Waals surface area contributed by atoms with Crippen molar-refractivity contribution in [2.45, 2.75) is 51.6 Å². The second-order valence-corrected chi connectivity index (χ2v) is 6.36. The van der Waals surface area contributed by atoms with Crippen molar-refractivity contribution in [2.24, 2.45) is 0 Å². The molecule has 1 aromatic carbocycles. The van der Waals surface area contributed by atoms with Crippen LogP contribution in [-0.4, -0.2) is 34.6 Å². The van der Waals surface area contributed by atoms with Crippen molar-refractivity contribution in [3.63, 3.8) is 0 Å². The Morgan fingerprint density at radius 3 is 2.75 bits per heavy atom. The minimum atomic E-state index is -0.834. The Morgan fingerprint density at radius 2 is 2.10 bits per heavy atom. The number of amides is 1. The summed E-state index contributed by atoms with van der Waals surface area (Å²) in [6.07, 6.45) is 2.69. The lowest BCUT2D eigenvalue weighted by Gasteiger charge is -2.29. The van der Waals surface area contributed by atoms with Crippen molar-refractivity contribution in [1.29, 1.82) is 0 Å². The molecule has 1 aliphatic carbocycles. The minimum absolute atomic E-state index is 0.149. The largest absolute Gasteiger partial charge is 0.389 e. The normalized spacial score (nSPS) is 17.9. The van der Waals surface area contributed by atoms with Gasteiger partial charge in [-0.25, -0.2) is 0 Å². The number of fused-ring (bicyclic) bond motifs is 1. The highest BCUT2D eigenvalue weighted by Crippen LogP contribution is 2.35. The van der Waals surface area contributed by atoms with Gasteiger partial charge >= 0.3 is 0 Å². The molecule has 1 unspecified atom stereocenters. The van der Waals surface area contributed by atoms with E-state index in [0.29, 0.717) is 25.4 Å². The maximum absolute atomic E-state index is 12.4. The summed E-state index contributed by atoms with van der Waals surface area (Å²) in [5.41, 5.74) is 1.88. The standard InChI is InChI=1S/C17H25NO2/c1-4-18(12-17(2,3)20)16(19)11-14-10-9-13-7-5-6-8-15(13)14/h5-8,14,20H,4,9-12H2,1-3H3. The third-order valence-electron chi connectivity index (χ3n) is 3.99. The van der Waals surface area contributed by atoms with Crippen LogP contribution in [0.4, 0.5) is 0 Å². The van der Waals surface area contributed by atoms with E-state index in [-0.39, 0.29) is 5.91 Å².